The molecule has 0 aliphatic carbocycles. The molecule has 1 saturated heterocycles. The van der Waals surface area contributed by atoms with Crippen LogP contribution in [0.1, 0.15) is 36.8 Å². The molecule has 0 spiro atoms. The first-order valence-electron chi connectivity index (χ1n) is 10.9. The number of carbonyl (C=O) groups is 1. The third kappa shape index (κ3) is 5.11. The maximum Gasteiger partial charge on any atom is 0.328 e. The zero-order valence-corrected chi connectivity index (χ0v) is 17.6. The van der Waals surface area contributed by atoms with E-state index in [4.69, 9.17) is 0 Å². The average Bonchev–Trinajstić information content (AvgIpc) is 2.79. The molecule has 0 bridgehead atoms. The van der Waals surface area contributed by atoms with Crippen LogP contribution in [0.3, 0.4) is 0 Å². The molecule has 0 radical (unpaired) electrons. The number of aromatic amines is 1. The molecule has 0 saturated carbocycles. The van der Waals surface area contributed by atoms with Gasteiger partial charge >= 0.3 is 5.69 Å². The average molecular weight is 421 g/mol. The molecule has 0 unspecified atom stereocenters. The van der Waals surface area contributed by atoms with Crippen molar-refractivity contribution in [2.24, 2.45) is 0 Å². The molecule has 7 nitrogen and oxygen atoms in total. The van der Waals surface area contributed by atoms with Crippen LogP contribution >= 0.6 is 0 Å². The predicted molar refractivity (Wildman–Crippen MR) is 121 cm³/mol. The van der Waals surface area contributed by atoms with E-state index in [1.165, 1.54) is 29.4 Å². The van der Waals surface area contributed by atoms with Crippen LogP contribution in [-0.4, -0.2) is 33.4 Å². The Morgan fingerprint density at radius 3 is 2.45 bits per heavy atom. The molecule has 4 rings (SSSR count). The second-order valence-corrected chi connectivity index (χ2v) is 8.06. The molecule has 2 heterocycles. The first-order chi connectivity index (χ1) is 15.1. The summed E-state index contributed by atoms with van der Waals surface area (Å²) in [7, 11) is 0. The number of piperidine rings is 1. The van der Waals surface area contributed by atoms with Crippen molar-refractivity contribution >= 4 is 16.8 Å². The first kappa shape index (κ1) is 21.1. The smallest absolute Gasteiger partial charge is 0.328 e. The number of hydrogen-bond acceptors (Lipinski definition) is 4. The summed E-state index contributed by atoms with van der Waals surface area (Å²) in [5, 5.41) is 3.42. The number of hydrogen-bond donors (Lipinski definition) is 2. The maximum atomic E-state index is 12.5. The second kappa shape index (κ2) is 9.75. The number of likely N-dealkylation sites (tertiary alicyclic amines) is 1. The fraction of sp³-hybridized carbons (Fsp3) is 0.375. The van der Waals surface area contributed by atoms with E-state index in [0.717, 1.165) is 25.2 Å². The SMILES string of the molecule is O=C(CCn1c(=O)[nH]c(=O)c2ccccc21)NCc1ccccc1CN1CCCCC1. The van der Waals surface area contributed by atoms with Gasteiger partial charge < -0.3 is 5.32 Å². The quantitative estimate of drug-likeness (QED) is 0.614. The van der Waals surface area contributed by atoms with Crippen LogP contribution in [0.25, 0.3) is 10.9 Å². The Kier molecular flexibility index (Phi) is 6.62. The van der Waals surface area contributed by atoms with Crippen LogP contribution in [-0.2, 0) is 24.4 Å². The normalized spacial score (nSPS) is 14.6. The van der Waals surface area contributed by atoms with Gasteiger partial charge in [0.25, 0.3) is 5.56 Å². The Bertz CT molecular complexity index is 1180. The molecule has 0 atom stereocenters. The molecular formula is C24H28N4O3. The van der Waals surface area contributed by atoms with Crippen molar-refractivity contribution in [2.75, 3.05) is 13.1 Å². The lowest BCUT2D eigenvalue weighted by Gasteiger charge is -2.27. The van der Waals surface area contributed by atoms with E-state index in [2.05, 4.69) is 27.3 Å². The molecule has 3 aromatic rings. The van der Waals surface area contributed by atoms with Gasteiger partial charge in [-0.15, -0.1) is 0 Å². The lowest BCUT2D eigenvalue weighted by atomic mass is 10.0. The van der Waals surface area contributed by atoms with Crippen LogP contribution in [0.2, 0.25) is 0 Å². The van der Waals surface area contributed by atoms with Gasteiger partial charge in [0, 0.05) is 26.1 Å². The summed E-state index contributed by atoms with van der Waals surface area (Å²) in [4.78, 5) is 41.5. The molecular weight excluding hydrogens is 392 g/mol. The Labute approximate surface area is 180 Å². The van der Waals surface area contributed by atoms with Crippen molar-refractivity contribution < 1.29 is 4.79 Å². The summed E-state index contributed by atoms with van der Waals surface area (Å²) in [5.41, 5.74) is 1.99. The van der Waals surface area contributed by atoms with Gasteiger partial charge in [0.1, 0.15) is 0 Å². The number of carbonyl (C=O) groups excluding carboxylic acids is 1. The Morgan fingerprint density at radius 1 is 0.935 bits per heavy atom. The maximum absolute atomic E-state index is 12.5. The van der Waals surface area contributed by atoms with E-state index in [-0.39, 0.29) is 18.9 Å². The van der Waals surface area contributed by atoms with Gasteiger partial charge in [0.05, 0.1) is 10.9 Å². The van der Waals surface area contributed by atoms with Gasteiger partial charge in [0.2, 0.25) is 5.91 Å². The number of nitrogens with one attached hydrogen (secondary N) is 2. The molecule has 2 N–H and O–H groups in total. The van der Waals surface area contributed by atoms with Gasteiger partial charge in [-0.3, -0.25) is 24.0 Å². The van der Waals surface area contributed by atoms with Crippen molar-refractivity contribution in [3.8, 4) is 0 Å². The molecule has 7 heteroatoms. The number of aryl methyl sites for hydroxylation is 1. The van der Waals surface area contributed by atoms with Crippen molar-refractivity contribution in [1.82, 2.24) is 19.8 Å². The van der Waals surface area contributed by atoms with Gasteiger partial charge in [-0.25, -0.2) is 4.79 Å². The predicted octanol–water partition coefficient (Wildman–Crippen LogP) is 2.38. The summed E-state index contributed by atoms with van der Waals surface area (Å²) in [6.45, 7) is 3.83. The highest BCUT2D eigenvalue weighted by Gasteiger charge is 2.13. The minimum Gasteiger partial charge on any atom is -0.352 e. The van der Waals surface area contributed by atoms with Crippen molar-refractivity contribution in [2.45, 2.75) is 45.3 Å². The van der Waals surface area contributed by atoms with Gasteiger partial charge in [0.15, 0.2) is 0 Å². The van der Waals surface area contributed by atoms with E-state index in [9.17, 15) is 14.4 Å². The minimum absolute atomic E-state index is 0.130. The Balaban J connectivity index is 1.38. The number of nitrogens with zero attached hydrogens (tertiary/aromatic N) is 2. The number of benzene rings is 2. The minimum atomic E-state index is -0.497. The van der Waals surface area contributed by atoms with E-state index < -0.39 is 11.2 Å². The summed E-state index contributed by atoms with van der Waals surface area (Å²) < 4.78 is 1.45. The number of rotatable bonds is 7. The van der Waals surface area contributed by atoms with Gasteiger partial charge in [-0.2, -0.15) is 0 Å². The number of amides is 1. The van der Waals surface area contributed by atoms with Crippen molar-refractivity contribution in [3.63, 3.8) is 0 Å². The second-order valence-electron chi connectivity index (χ2n) is 8.06. The van der Waals surface area contributed by atoms with Gasteiger partial charge in [-0.05, 0) is 49.2 Å². The van der Waals surface area contributed by atoms with Crippen LogP contribution in [0.4, 0.5) is 0 Å². The van der Waals surface area contributed by atoms with Crippen molar-refractivity contribution in [3.05, 3.63) is 80.5 Å². The molecule has 31 heavy (non-hydrogen) atoms. The number of H-pyrrole nitrogens is 1. The number of aromatic nitrogens is 2. The Hall–Kier alpha value is -3.19. The lowest BCUT2D eigenvalue weighted by molar-refractivity contribution is -0.121. The third-order valence-electron chi connectivity index (χ3n) is 5.90. The summed E-state index contributed by atoms with van der Waals surface area (Å²) >= 11 is 0. The highest BCUT2D eigenvalue weighted by atomic mass is 16.2. The molecule has 1 aliphatic rings. The summed E-state index contributed by atoms with van der Waals surface area (Å²) in [5.74, 6) is -0.130. The topological polar surface area (TPSA) is 87.2 Å². The molecule has 1 aromatic heterocycles. The van der Waals surface area contributed by atoms with Crippen molar-refractivity contribution in [1.29, 1.82) is 0 Å². The van der Waals surface area contributed by atoms with Crippen LogP contribution in [0, 0.1) is 0 Å². The molecule has 1 amide bonds. The zero-order valence-electron chi connectivity index (χ0n) is 17.6. The highest BCUT2D eigenvalue weighted by Crippen LogP contribution is 2.16. The summed E-state index contributed by atoms with van der Waals surface area (Å²) in [6, 6.07) is 15.1. The van der Waals surface area contributed by atoms with Crippen LogP contribution in [0.5, 0.6) is 0 Å². The largest absolute Gasteiger partial charge is 0.352 e. The molecule has 2 aromatic carbocycles. The summed E-state index contributed by atoms with van der Waals surface area (Å²) in [6.07, 6.45) is 3.96. The molecule has 162 valence electrons. The standard InChI is InChI=1S/C24H28N4O3/c29-22(12-15-28-21-11-5-4-10-20(21)23(30)26-24(28)31)25-16-18-8-2-3-9-19(18)17-27-13-6-1-7-14-27/h2-5,8-11H,1,6-7,12-17H2,(H,25,29)(H,26,30,31). The fourth-order valence-electron chi connectivity index (χ4n) is 4.20. The lowest BCUT2D eigenvalue weighted by Crippen LogP contribution is -2.32. The zero-order chi connectivity index (χ0) is 21.6. The molecule has 1 fully saturated rings. The third-order valence-corrected chi connectivity index (χ3v) is 5.90. The van der Waals surface area contributed by atoms with E-state index >= 15 is 0 Å². The number of fused-ring (bicyclic) bond motifs is 1. The fourth-order valence-corrected chi connectivity index (χ4v) is 4.20. The van der Waals surface area contributed by atoms with E-state index in [1.807, 2.05) is 12.1 Å². The van der Waals surface area contributed by atoms with Gasteiger partial charge in [-0.1, -0.05) is 42.8 Å². The molecule has 1 aliphatic heterocycles. The Morgan fingerprint density at radius 2 is 1.65 bits per heavy atom. The van der Waals surface area contributed by atoms with E-state index in [1.54, 1.807) is 24.3 Å². The highest BCUT2D eigenvalue weighted by molar-refractivity contribution is 5.78. The first-order valence-corrected chi connectivity index (χ1v) is 10.9. The van der Waals surface area contributed by atoms with Crippen LogP contribution in [0.15, 0.2) is 58.1 Å². The monoisotopic (exact) mass is 420 g/mol. The van der Waals surface area contributed by atoms with E-state index in [0.29, 0.717) is 17.4 Å². The van der Waals surface area contributed by atoms with Crippen LogP contribution < -0.4 is 16.6 Å². The number of para-hydroxylation sites is 1.